The summed E-state index contributed by atoms with van der Waals surface area (Å²) in [7, 11) is 0. The summed E-state index contributed by atoms with van der Waals surface area (Å²) < 4.78 is 0. The first-order valence-corrected chi connectivity index (χ1v) is 15.9. The Hall–Kier alpha value is -5.46. The van der Waals surface area contributed by atoms with Gasteiger partial charge < -0.3 is 0 Å². The van der Waals surface area contributed by atoms with Crippen LogP contribution in [0.4, 0.5) is 0 Å². The molecule has 0 fully saturated rings. The summed E-state index contributed by atoms with van der Waals surface area (Å²) in [4.78, 5) is 0. The van der Waals surface area contributed by atoms with Crippen LogP contribution >= 0.6 is 0 Å². The highest BCUT2D eigenvalue weighted by Gasteiger charge is 2.53. The third-order valence-electron chi connectivity index (χ3n) is 10.3. The molecule has 0 nitrogen and oxygen atoms in total. The van der Waals surface area contributed by atoms with Gasteiger partial charge in [0.1, 0.15) is 0 Å². The van der Waals surface area contributed by atoms with Crippen LogP contribution in [0.3, 0.4) is 0 Å². The highest BCUT2D eigenvalue weighted by atomic mass is 14.5. The van der Waals surface area contributed by atoms with Crippen LogP contribution in [0, 0.1) is 0 Å². The van der Waals surface area contributed by atoms with Crippen LogP contribution in [0.25, 0.3) is 39.1 Å². The molecule has 0 N–H and O–H groups in total. The van der Waals surface area contributed by atoms with Crippen LogP contribution in [0.1, 0.15) is 45.2 Å². The first-order valence-electron chi connectivity index (χ1n) is 15.9. The van der Waals surface area contributed by atoms with E-state index >= 15 is 0 Å². The Bertz CT molecular complexity index is 2140. The molecule has 7 aromatic carbocycles. The second-order valence-electron chi connectivity index (χ2n) is 12.5. The van der Waals surface area contributed by atoms with E-state index in [1.54, 1.807) is 0 Å². The van der Waals surface area contributed by atoms with E-state index < -0.39 is 0 Å². The van der Waals surface area contributed by atoms with Crippen molar-refractivity contribution < 1.29 is 0 Å². The van der Waals surface area contributed by atoms with Crippen LogP contribution in [-0.2, 0) is 5.41 Å². The van der Waals surface area contributed by atoms with Crippen molar-refractivity contribution in [2.24, 2.45) is 0 Å². The van der Waals surface area contributed by atoms with E-state index in [1.807, 2.05) is 0 Å². The standard InChI is InChI=1S/C45H32/c1-3-15-36(16-4-1)45(37-17-5-2-6-18-37,44-41-21-11-9-19-39(41)40-20-10-12-22-42(40)44)43-28-26-35-30-34(25-27-38(35)43)33-24-23-31-13-7-8-14-32(31)29-33/h1-30,43-44H. The molecule has 0 bridgehead atoms. The Kier molecular flexibility index (Phi) is 5.96. The number of hydrogen-bond acceptors (Lipinski definition) is 0. The molecule has 45 heavy (non-hydrogen) atoms. The number of benzene rings is 7. The minimum Gasteiger partial charge on any atom is -0.0751 e. The predicted octanol–water partition coefficient (Wildman–Crippen LogP) is 11.4. The molecule has 0 heterocycles. The van der Waals surface area contributed by atoms with Crippen molar-refractivity contribution >= 4 is 16.8 Å². The van der Waals surface area contributed by atoms with E-state index in [0.717, 1.165) is 0 Å². The van der Waals surface area contributed by atoms with Gasteiger partial charge in [0.2, 0.25) is 0 Å². The minimum absolute atomic E-state index is 0.132. The van der Waals surface area contributed by atoms with E-state index in [4.69, 9.17) is 0 Å². The Morgan fingerprint density at radius 1 is 0.400 bits per heavy atom. The van der Waals surface area contributed by atoms with Crippen molar-refractivity contribution in [1.29, 1.82) is 0 Å². The van der Waals surface area contributed by atoms with Gasteiger partial charge in [-0.1, -0.05) is 170 Å². The molecule has 0 saturated carbocycles. The molecule has 0 amide bonds. The van der Waals surface area contributed by atoms with E-state index in [-0.39, 0.29) is 17.3 Å². The largest absolute Gasteiger partial charge is 0.0751 e. The average Bonchev–Trinajstić information content (AvgIpc) is 3.69. The Labute approximate surface area is 265 Å². The minimum atomic E-state index is -0.378. The number of rotatable bonds is 5. The van der Waals surface area contributed by atoms with Crippen molar-refractivity contribution in [3.63, 3.8) is 0 Å². The number of hydrogen-bond donors (Lipinski definition) is 0. The Morgan fingerprint density at radius 2 is 0.933 bits per heavy atom. The molecule has 1 atom stereocenters. The van der Waals surface area contributed by atoms with Gasteiger partial charge in [0.05, 0.1) is 0 Å². The molecule has 0 spiro atoms. The normalized spacial score (nSPS) is 15.2. The molecule has 2 aliphatic carbocycles. The van der Waals surface area contributed by atoms with Crippen LogP contribution in [-0.4, -0.2) is 0 Å². The average molecular weight is 573 g/mol. The third kappa shape index (κ3) is 3.92. The van der Waals surface area contributed by atoms with Crippen LogP contribution in [0.15, 0.2) is 176 Å². The van der Waals surface area contributed by atoms with Crippen molar-refractivity contribution in [2.45, 2.75) is 17.3 Å². The molecular weight excluding hydrogens is 540 g/mol. The SMILES string of the molecule is C1=CC(C(c2ccccc2)(c2ccccc2)C2c3ccccc3-c3ccccc32)c2ccc(-c3ccc4ccccc4c3)cc21. The molecule has 0 aliphatic heterocycles. The fourth-order valence-corrected chi connectivity index (χ4v) is 8.36. The van der Waals surface area contributed by atoms with E-state index in [1.165, 1.54) is 66.4 Å². The summed E-state index contributed by atoms with van der Waals surface area (Å²) in [5.41, 5.74) is 13.0. The van der Waals surface area contributed by atoms with Gasteiger partial charge in [-0.3, -0.25) is 0 Å². The van der Waals surface area contributed by atoms with Gasteiger partial charge in [-0.15, -0.1) is 0 Å². The summed E-state index contributed by atoms with van der Waals surface area (Å²) in [6, 6.07) is 63.2. The fraction of sp³-hybridized carbons (Fsp3) is 0.0667. The van der Waals surface area contributed by atoms with Crippen molar-refractivity contribution in [1.82, 2.24) is 0 Å². The summed E-state index contributed by atoms with van der Waals surface area (Å²) in [5, 5.41) is 2.55. The van der Waals surface area contributed by atoms with Crippen molar-refractivity contribution in [3.8, 4) is 22.3 Å². The molecule has 0 heteroatoms. The lowest BCUT2D eigenvalue weighted by atomic mass is 9.55. The van der Waals surface area contributed by atoms with Gasteiger partial charge in [0.15, 0.2) is 0 Å². The molecule has 0 radical (unpaired) electrons. The zero-order valence-corrected chi connectivity index (χ0v) is 25.0. The maximum Gasteiger partial charge on any atom is 0.0415 e. The third-order valence-corrected chi connectivity index (χ3v) is 10.3. The Balaban J connectivity index is 1.29. The lowest BCUT2D eigenvalue weighted by Crippen LogP contribution is -2.40. The molecule has 212 valence electrons. The first kappa shape index (κ1) is 26.0. The molecule has 2 aliphatic rings. The van der Waals surface area contributed by atoms with Gasteiger partial charge >= 0.3 is 0 Å². The quantitative estimate of drug-likeness (QED) is 0.192. The molecule has 9 rings (SSSR count). The Morgan fingerprint density at radius 3 is 1.60 bits per heavy atom. The van der Waals surface area contributed by atoms with Gasteiger partial charge in [0.25, 0.3) is 0 Å². The van der Waals surface area contributed by atoms with Crippen LogP contribution in [0.5, 0.6) is 0 Å². The van der Waals surface area contributed by atoms with E-state index in [2.05, 4.69) is 182 Å². The predicted molar refractivity (Wildman–Crippen MR) is 189 cm³/mol. The molecular formula is C45H32. The zero-order valence-electron chi connectivity index (χ0n) is 25.0. The van der Waals surface area contributed by atoms with E-state index in [9.17, 15) is 0 Å². The maximum absolute atomic E-state index is 2.48. The van der Waals surface area contributed by atoms with Gasteiger partial charge in [-0.05, 0) is 78.5 Å². The lowest BCUT2D eigenvalue weighted by molar-refractivity contribution is 0.417. The molecule has 0 aromatic heterocycles. The highest BCUT2D eigenvalue weighted by Crippen LogP contribution is 2.62. The van der Waals surface area contributed by atoms with Crippen molar-refractivity contribution in [2.75, 3.05) is 0 Å². The fourth-order valence-electron chi connectivity index (χ4n) is 8.36. The monoisotopic (exact) mass is 572 g/mol. The van der Waals surface area contributed by atoms with Gasteiger partial charge in [-0.2, -0.15) is 0 Å². The van der Waals surface area contributed by atoms with Gasteiger partial charge in [0, 0.05) is 17.3 Å². The molecule has 1 unspecified atom stereocenters. The molecule has 7 aromatic rings. The van der Waals surface area contributed by atoms with Crippen molar-refractivity contribution in [3.05, 3.63) is 209 Å². The highest BCUT2D eigenvalue weighted by molar-refractivity contribution is 5.88. The second-order valence-corrected chi connectivity index (χ2v) is 12.5. The molecule has 0 saturated heterocycles. The summed E-state index contributed by atoms with van der Waals surface area (Å²) in [6.45, 7) is 0. The number of fused-ring (bicyclic) bond motifs is 5. The smallest absolute Gasteiger partial charge is 0.0415 e. The van der Waals surface area contributed by atoms with E-state index in [0.29, 0.717) is 0 Å². The summed E-state index contributed by atoms with van der Waals surface area (Å²) >= 11 is 0. The van der Waals surface area contributed by atoms with Crippen LogP contribution < -0.4 is 0 Å². The summed E-state index contributed by atoms with van der Waals surface area (Å²) in [6.07, 6.45) is 4.86. The maximum atomic E-state index is 2.48. The topological polar surface area (TPSA) is 0 Å². The first-order chi connectivity index (χ1) is 22.3. The number of allylic oxidation sites excluding steroid dienone is 1. The second kappa shape index (κ2) is 10.3. The zero-order chi connectivity index (χ0) is 29.8. The lowest BCUT2D eigenvalue weighted by Gasteiger charge is -2.46. The van der Waals surface area contributed by atoms with Gasteiger partial charge in [-0.25, -0.2) is 0 Å². The summed E-state index contributed by atoms with van der Waals surface area (Å²) in [5.74, 6) is 0.266. The van der Waals surface area contributed by atoms with Crippen LogP contribution in [0.2, 0.25) is 0 Å².